The average molecular weight is 279 g/mol. The van der Waals surface area contributed by atoms with Crippen LogP contribution in [0.3, 0.4) is 0 Å². The Balaban J connectivity index is 2.20. The standard InChI is InChI=1S/C13H17N3O4/c1-2-20-12(18)9-14-13(19)16-15-11(17)8-10-6-4-3-5-7-10/h3-7H,2,8-9H2,1H3,(H,15,17)(H2,14,16,19). The molecule has 0 atom stereocenters. The van der Waals surface area contributed by atoms with Crippen LogP contribution in [0.2, 0.25) is 0 Å². The van der Waals surface area contributed by atoms with Crippen LogP contribution in [0.15, 0.2) is 30.3 Å². The molecule has 1 aromatic rings. The molecule has 7 nitrogen and oxygen atoms in total. The lowest BCUT2D eigenvalue weighted by Gasteiger charge is -2.08. The molecule has 1 rings (SSSR count). The molecule has 0 radical (unpaired) electrons. The molecule has 108 valence electrons. The maximum Gasteiger partial charge on any atom is 0.333 e. The third kappa shape index (κ3) is 6.39. The van der Waals surface area contributed by atoms with Crippen LogP contribution in [0.25, 0.3) is 0 Å². The van der Waals surface area contributed by atoms with E-state index in [4.69, 9.17) is 0 Å². The van der Waals surface area contributed by atoms with Crippen LogP contribution in [0, 0.1) is 0 Å². The van der Waals surface area contributed by atoms with Crippen LogP contribution < -0.4 is 16.2 Å². The molecule has 0 spiro atoms. The van der Waals surface area contributed by atoms with E-state index in [9.17, 15) is 14.4 Å². The molecule has 0 fully saturated rings. The lowest BCUT2D eigenvalue weighted by atomic mass is 10.1. The van der Waals surface area contributed by atoms with Gasteiger partial charge in [-0.3, -0.25) is 15.0 Å². The summed E-state index contributed by atoms with van der Waals surface area (Å²) in [4.78, 5) is 33.8. The number of esters is 1. The highest BCUT2D eigenvalue weighted by Crippen LogP contribution is 1.98. The summed E-state index contributed by atoms with van der Waals surface area (Å²) in [6.45, 7) is 1.66. The monoisotopic (exact) mass is 279 g/mol. The number of hydrogen-bond donors (Lipinski definition) is 3. The highest BCUT2D eigenvalue weighted by atomic mass is 16.5. The Bertz CT molecular complexity index is 462. The first-order chi connectivity index (χ1) is 9.61. The number of hydrogen-bond acceptors (Lipinski definition) is 4. The van der Waals surface area contributed by atoms with E-state index >= 15 is 0 Å². The first-order valence-corrected chi connectivity index (χ1v) is 6.14. The number of carbonyl (C=O) groups is 3. The summed E-state index contributed by atoms with van der Waals surface area (Å²) in [5.41, 5.74) is 5.21. The first kappa shape index (κ1) is 15.5. The Hall–Kier alpha value is -2.57. The minimum Gasteiger partial charge on any atom is -0.465 e. The van der Waals surface area contributed by atoms with Crippen molar-refractivity contribution in [3.05, 3.63) is 35.9 Å². The molecule has 3 N–H and O–H groups in total. The molecular weight excluding hydrogens is 262 g/mol. The van der Waals surface area contributed by atoms with Crippen LogP contribution in [0.4, 0.5) is 4.79 Å². The fourth-order valence-electron chi connectivity index (χ4n) is 1.36. The van der Waals surface area contributed by atoms with Gasteiger partial charge in [-0.25, -0.2) is 10.2 Å². The molecule has 0 bridgehead atoms. The summed E-state index contributed by atoms with van der Waals surface area (Å²) in [6, 6.07) is 8.42. The Morgan fingerprint density at radius 3 is 2.45 bits per heavy atom. The third-order valence-corrected chi connectivity index (χ3v) is 2.22. The van der Waals surface area contributed by atoms with Gasteiger partial charge in [0.1, 0.15) is 6.54 Å². The van der Waals surface area contributed by atoms with Gasteiger partial charge in [0.25, 0.3) is 0 Å². The second-order valence-electron chi connectivity index (χ2n) is 3.82. The molecule has 3 amide bonds. The second kappa shape index (κ2) is 8.52. The Labute approximate surface area is 116 Å². The van der Waals surface area contributed by atoms with Gasteiger partial charge in [-0.15, -0.1) is 0 Å². The zero-order chi connectivity index (χ0) is 14.8. The quantitative estimate of drug-likeness (QED) is 0.527. The van der Waals surface area contributed by atoms with Gasteiger partial charge in [-0.2, -0.15) is 0 Å². The Kier molecular flexibility index (Phi) is 6.60. The molecule has 0 saturated carbocycles. The largest absolute Gasteiger partial charge is 0.465 e. The molecule has 1 aromatic carbocycles. The lowest BCUT2D eigenvalue weighted by molar-refractivity contribution is -0.141. The van der Waals surface area contributed by atoms with Gasteiger partial charge in [0.05, 0.1) is 13.0 Å². The molecule has 7 heteroatoms. The number of rotatable bonds is 5. The van der Waals surface area contributed by atoms with E-state index in [-0.39, 0.29) is 25.5 Å². The van der Waals surface area contributed by atoms with Crippen molar-refractivity contribution in [1.82, 2.24) is 16.2 Å². The Morgan fingerprint density at radius 2 is 1.80 bits per heavy atom. The van der Waals surface area contributed by atoms with E-state index in [1.54, 1.807) is 19.1 Å². The van der Waals surface area contributed by atoms with Crippen LogP contribution in [0.5, 0.6) is 0 Å². The average Bonchev–Trinajstić information content (AvgIpc) is 2.44. The molecule has 0 unspecified atom stereocenters. The van der Waals surface area contributed by atoms with Gasteiger partial charge < -0.3 is 10.1 Å². The lowest BCUT2D eigenvalue weighted by Crippen LogP contribution is -2.48. The van der Waals surface area contributed by atoms with Crippen LogP contribution in [-0.4, -0.2) is 31.1 Å². The molecule has 0 aromatic heterocycles. The predicted molar refractivity (Wildman–Crippen MR) is 71.5 cm³/mol. The van der Waals surface area contributed by atoms with E-state index < -0.39 is 12.0 Å². The summed E-state index contributed by atoms with van der Waals surface area (Å²) in [5, 5.41) is 2.25. The highest BCUT2D eigenvalue weighted by molar-refractivity contribution is 5.84. The van der Waals surface area contributed by atoms with Crippen molar-refractivity contribution in [3.8, 4) is 0 Å². The van der Waals surface area contributed by atoms with Gasteiger partial charge in [0, 0.05) is 0 Å². The van der Waals surface area contributed by atoms with Gasteiger partial charge in [-0.1, -0.05) is 30.3 Å². The number of urea groups is 1. The zero-order valence-corrected chi connectivity index (χ0v) is 11.1. The van der Waals surface area contributed by atoms with Crippen molar-refractivity contribution in [3.63, 3.8) is 0 Å². The predicted octanol–water partition coefficient (Wildman–Crippen LogP) is 0.123. The van der Waals surface area contributed by atoms with E-state index in [1.165, 1.54) is 0 Å². The van der Waals surface area contributed by atoms with Crippen molar-refractivity contribution in [2.75, 3.05) is 13.2 Å². The molecule has 20 heavy (non-hydrogen) atoms. The summed E-state index contributed by atoms with van der Waals surface area (Å²) in [5.74, 6) is -0.902. The van der Waals surface area contributed by atoms with E-state index in [0.717, 1.165) is 5.56 Å². The summed E-state index contributed by atoms with van der Waals surface area (Å²) < 4.78 is 4.63. The minimum absolute atomic E-state index is 0.152. The van der Waals surface area contributed by atoms with E-state index in [0.29, 0.717) is 0 Å². The SMILES string of the molecule is CCOC(=O)CNC(=O)NNC(=O)Cc1ccccc1. The summed E-state index contributed by atoms with van der Waals surface area (Å²) in [6.07, 6.45) is 0.152. The molecule has 0 aliphatic carbocycles. The fourth-order valence-corrected chi connectivity index (χ4v) is 1.36. The maximum atomic E-state index is 11.5. The fraction of sp³-hybridized carbons (Fsp3) is 0.308. The number of hydrazine groups is 1. The van der Waals surface area contributed by atoms with Crippen molar-refractivity contribution in [2.24, 2.45) is 0 Å². The topological polar surface area (TPSA) is 96.5 Å². The molecule has 0 aliphatic heterocycles. The number of benzene rings is 1. The van der Waals surface area contributed by atoms with Crippen molar-refractivity contribution >= 4 is 17.9 Å². The minimum atomic E-state index is -0.681. The number of nitrogens with one attached hydrogen (secondary N) is 3. The number of ether oxygens (including phenoxy) is 1. The van der Waals surface area contributed by atoms with Gasteiger partial charge in [0.2, 0.25) is 5.91 Å². The summed E-state index contributed by atoms with van der Waals surface area (Å²) >= 11 is 0. The van der Waals surface area contributed by atoms with Gasteiger partial charge in [0.15, 0.2) is 0 Å². The molecule has 0 heterocycles. The normalized spacial score (nSPS) is 9.45. The summed E-state index contributed by atoms with van der Waals surface area (Å²) in [7, 11) is 0. The third-order valence-electron chi connectivity index (χ3n) is 2.22. The van der Waals surface area contributed by atoms with E-state index in [2.05, 4.69) is 20.9 Å². The van der Waals surface area contributed by atoms with Crippen molar-refractivity contribution in [1.29, 1.82) is 0 Å². The number of amides is 3. The van der Waals surface area contributed by atoms with E-state index in [1.807, 2.05) is 18.2 Å². The zero-order valence-electron chi connectivity index (χ0n) is 11.1. The van der Waals surface area contributed by atoms with Crippen molar-refractivity contribution < 1.29 is 19.1 Å². The van der Waals surface area contributed by atoms with Crippen LogP contribution in [0.1, 0.15) is 12.5 Å². The highest BCUT2D eigenvalue weighted by Gasteiger charge is 2.07. The van der Waals surface area contributed by atoms with Crippen LogP contribution >= 0.6 is 0 Å². The number of carbonyl (C=O) groups excluding carboxylic acids is 3. The maximum absolute atomic E-state index is 11.5. The van der Waals surface area contributed by atoms with Gasteiger partial charge in [-0.05, 0) is 12.5 Å². The van der Waals surface area contributed by atoms with Gasteiger partial charge >= 0.3 is 12.0 Å². The molecular formula is C13H17N3O4. The molecule has 0 saturated heterocycles. The van der Waals surface area contributed by atoms with Crippen LogP contribution in [-0.2, 0) is 20.7 Å². The molecule has 0 aliphatic rings. The first-order valence-electron chi connectivity index (χ1n) is 6.14. The second-order valence-corrected chi connectivity index (χ2v) is 3.82. The van der Waals surface area contributed by atoms with Crippen molar-refractivity contribution in [2.45, 2.75) is 13.3 Å². The smallest absolute Gasteiger partial charge is 0.333 e. The Morgan fingerprint density at radius 1 is 1.10 bits per heavy atom.